The van der Waals surface area contributed by atoms with Gasteiger partial charge in [0.1, 0.15) is 10.9 Å². The molecule has 0 aliphatic carbocycles. The van der Waals surface area contributed by atoms with Crippen LogP contribution in [0.15, 0.2) is 64.6 Å². The molecule has 0 radical (unpaired) electrons. The molecule has 0 amide bonds. The zero-order valence-electron chi connectivity index (χ0n) is 12.4. The largest absolute Gasteiger partial charge is 0.389 e. The Balaban J connectivity index is 1.85. The van der Waals surface area contributed by atoms with E-state index in [1.54, 1.807) is 10.9 Å². The fourth-order valence-corrected chi connectivity index (χ4v) is 2.39. The van der Waals surface area contributed by atoms with Crippen molar-refractivity contribution in [2.75, 3.05) is 0 Å². The SMILES string of the molecule is Cn1cnnc1/C(=N/OCc1cccc(Br)n1)c1ccccc1. The van der Waals surface area contributed by atoms with Crippen LogP contribution in [0.5, 0.6) is 0 Å². The van der Waals surface area contributed by atoms with Crippen LogP contribution in [0.25, 0.3) is 0 Å². The molecule has 7 heteroatoms. The van der Waals surface area contributed by atoms with Gasteiger partial charge in [0.05, 0.1) is 5.69 Å². The highest BCUT2D eigenvalue weighted by atomic mass is 79.9. The molecule has 3 aromatic rings. The van der Waals surface area contributed by atoms with Crippen LogP contribution in [-0.4, -0.2) is 25.5 Å². The van der Waals surface area contributed by atoms with Gasteiger partial charge >= 0.3 is 0 Å². The Bertz CT molecular complexity index is 816. The minimum absolute atomic E-state index is 0.271. The average molecular weight is 372 g/mol. The lowest BCUT2D eigenvalue weighted by Gasteiger charge is -2.06. The van der Waals surface area contributed by atoms with Gasteiger partial charge < -0.3 is 9.40 Å². The van der Waals surface area contributed by atoms with Gasteiger partial charge in [-0.2, -0.15) is 0 Å². The van der Waals surface area contributed by atoms with Crippen molar-refractivity contribution < 1.29 is 4.84 Å². The zero-order valence-corrected chi connectivity index (χ0v) is 14.0. The van der Waals surface area contributed by atoms with E-state index in [0.29, 0.717) is 11.5 Å². The number of oxime groups is 1. The van der Waals surface area contributed by atoms with E-state index in [1.807, 2.05) is 55.6 Å². The summed E-state index contributed by atoms with van der Waals surface area (Å²) < 4.78 is 2.56. The molecule has 0 atom stereocenters. The van der Waals surface area contributed by atoms with E-state index in [9.17, 15) is 0 Å². The Kier molecular flexibility index (Phi) is 4.77. The summed E-state index contributed by atoms with van der Waals surface area (Å²) in [6, 6.07) is 15.4. The van der Waals surface area contributed by atoms with Crippen LogP contribution in [0.1, 0.15) is 17.1 Å². The number of rotatable bonds is 5. The molecule has 116 valence electrons. The monoisotopic (exact) mass is 371 g/mol. The van der Waals surface area contributed by atoms with Crippen LogP contribution in [0, 0.1) is 0 Å². The Labute approximate surface area is 142 Å². The Morgan fingerprint density at radius 3 is 2.70 bits per heavy atom. The highest BCUT2D eigenvalue weighted by Crippen LogP contribution is 2.11. The number of hydrogen-bond acceptors (Lipinski definition) is 5. The van der Waals surface area contributed by atoms with Crippen molar-refractivity contribution in [3.05, 3.63) is 76.5 Å². The van der Waals surface area contributed by atoms with Crippen LogP contribution < -0.4 is 0 Å². The van der Waals surface area contributed by atoms with Crippen molar-refractivity contribution in [1.29, 1.82) is 0 Å². The molecule has 2 heterocycles. The molecule has 6 nitrogen and oxygen atoms in total. The number of hydrogen-bond donors (Lipinski definition) is 0. The number of pyridine rings is 1. The summed E-state index contributed by atoms with van der Waals surface area (Å²) in [5.74, 6) is 0.637. The molecule has 0 saturated heterocycles. The van der Waals surface area contributed by atoms with E-state index >= 15 is 0 Å². The van der Waals surface area contributed by atoms with Crippen molar-refractivity contribution in [2.24, 2.45) is 12.2 Å². The molecule has 0 N–H and O–H groups in total. The minimum Gasteiger partial charge on any atom is -0.389 e. The van der Waals surface area contributed by atoms with Gasteiger partial charge in [-0.25, -0.2) is 4.98 Å². The molecular weight excluding hydrogens is 358 g/mol. The van der Waals surface area contributed by atoms with Gasteiger partial charge in [0, 0.05) is 12.6 Å². The van der Waals surface area contributed by atoms with Crippen molar-refractivity contribution in [3.63, 3.8) is 0 Å². The molecule has 0 aliphatic rings. The predicted molar refractivity (Wildman–Crippen MR) is 89.8 cm³/mol. The first-order valence-electron chi connectivity index (χ1n) is 6.95. The normalized spacial score (nSPS) is 11.5. The second-order valence-electron chi connectivity index (χ2n) is 4.80. The van der Waals surface area contributed by atoms with Gasteiger partial charge in [-0.05, 0) is 28.1 Å². The summed E-state index contributed by atoms with van der Waals surface area (Å²) in [7, 11) is 1.86. The number of aryl methyl sites for hydroxylation is 1. The molecular formula is C16H14BrN5O. The Hall–Kier alpha value is -2.54. The summed E-state index contributed by atoms with van der Waals surface area (Å²) in [6.45, 7) is 0.271. The van der Waals surface area contributed by atoms with E-state index in [4.69, 9.17) is 4.84 Å². The van der Waals surface area contributed by atoms with Crippen molar-refractivity contribution in [3.8, 4) is 0 Å². The smallest absolute Gasteiger partial charge is 0.186 e. The summed E-state index contributed by atoms with van der Waals surface area (Å²) in [5, 5.41) is 12.3. The third-order valence-corrected chi connectivity index (χ3v) is 3.55. The average Bonchev–Trinajstić information content (AvgIpc) is 2.98. The van der Waals surface area contributed by atoms with E-state index in [1.165, 1.54) is 0 Å². The zero-order chi connectivity index (χ0) is 16.1. The molecule has 2 aromatic heterocycles. The van der Waals surface area contributed by atoms with E-state index in [-0.39, 0.29) is 6.61 Å². The fraction of sp³-hybridized carbons (Fsp3) is 0.125. The summed E-state index contributed by atoms with van der Waals surface area (Å²) in [4.78, 5) is 9.81. The maximum absolute atomic E-state index is 5.49. The van der Waals surface area contributed by atoms with Crippen molar-refractivity contribution >= 4 is 21.6 Å². The maximum atomic E-state index is 5.49. The van der Waals surface area contributed by atoms with Crippen LogP contribution in [0.4, 0.5) is 0 Å². The topological polar surface area (TPSA) is 65.2 Å². The second-order valence-corrected chi connectivity index (χ2v) is 5.61. The van der Waals surface area contributed by atoms with Crippen LogP contribution in [0.3, 0.4) is 0 Å². The third kappa shape index (κ3) is 3.81. The van der Waals surface area contributed by atoms with Gasteiger partial charge in [-0.1, -0.05) is 41.6 Å². The molecule has 0 aliphatic heterocycles. The van der Waals surface area contributed by atoms with Gasteiger partial charge in [-0.3, -0.25) is 0 Å². The fourth-order valence-electron chi connectivity index (χ4n) is 2.01. The van der Waals surface area contributed by atoms with Crippen molar-refractivity contribution in [2.45, 2.75) is 6.61 Å². The second kappa shape index (κ2) is 7.15. The molecule has 0 unspecified atom stereocenters. The van der Waals surface area contributed by atoms with E-state index in [0.717, 1.165) is 15.9 Å². The van der Waals surface area contributed by atoms with Crippen LogP contribution in [0.2, 0.25) is 0 Å². The highest BCUT2D eigenvalue weighted by molar-refractivity contribution is 9.10. The summed E-state index contributed by atoms with van der Waals surface area (Å²) in [6.07, 6.45) is 1.63. The molecule has 0 fully saturated rings. The lowest BCUT2D eigenvalue weighted by atomic mass is 10.1. The van der Waals surface area contributed by atoms with Gasteiger partial charge in [0.2, 0.25) is 0 Å². The molecule has 3 rings (SSSR count). The first-order valence-corrected chi connectivity index (χ1v) is 7.74. The van der Waals surface area contributed by atoms with Crippen LogP contribution in [-0.2, 0) is 18.5 Å². The number of halogens is 1. The van der Waals surface area contributed by atoms with E-state index < -0.39 is 0 Å². The lowest BCUT2D eigenvalue weighted by Crippen LogP contribution is -2.11. The standard InChI is InChI=1S/C16H14BrN5O/c1-22-11-18-20-16(22)15(12-6-3-2-4-7-12)21-23-10-13-8-5-9-14(17)19-13/h2-9,11H,10H2,1H3/b21-15+. The van der Waals surface area contributed by atoms with Gasteiger partial charge in [-0.15, -0.1) is 10.2 Å². The maximum Gasteiger partial charge on any atom is 0.186 e. The summed E-state index contributed by atoms with van der Waals surface area (Å²) >= 11 is 3.34. The molecule has 0 saturated carbocycles. The lowest BCUT2D eigenvalue weighted by molar-refractivity contribution is 0.128. The Morgan fingerprint density at radius 2 is 2.00 bits per heavy atom. The quantitative estimate of drug-likeness (QED) is 0.393. The van der Waals surface area contributed by atoms with Gasteiger partial charge in [0.15, 0.2) is 18.1 Å². The third-order valence-electron chi connectivity index (χ3n) is 3.11. The number of benzene rings is 1. The first-order chi connectivity index (χ1) is 11.2. The van der Waals surface area contributed by atoms with E-state index in [2.05, 4.69) is 36.3 Å². The number of aromatic nitrogens is 4. The van der Waals surface area contributed by atoms with Gasteiger partial charge in [0.25, 0.3) is 0 Å². The highest BCUT2D eigenvalue weighted by Gasteiger charge is 2.13. The molecule has 0 spiro atoms. The molecule has 0 bridgehead atoms. The Morgan fingerprint density at radius 1 is 1.17 bits per heavy atom. The van der Waals surface area contributed by atoms with Crippen LogP contribution >= 0.6 is 15.9 Å². The predicted octanol–water partition coefficient (Wildman–Crippen LogP) is 2.94. The summed E-state index contributed by atoms with van der Waals surface area (Å²) in [5.41, 5.74) is 2.32. The molecule has 23 heavy (non-hydrogen) atoms. The first kappa shape index (κ1) is 15.4. The van der Waals surface area contributed by atoms with Crippen molar-refractivity contribution in [1.82, 2.24) is 19.7 Å². The minimum atomic E-state index is 0.271. The molecule has 1 aromatic carbocycles. The number of nitrogens with zero attached hydrogens (tertiary/aromatic N) is 5.